The molecule has 1 atom stereocenters. The maximum absolute atomic E-state index is 11.8. The Bertz CT molecular complexity index is 436. The van der Waals surface area contributed by atoms with E-state index in [0.29, 0.717) is 0 Å². The smallest absolute Gasteiger partial charge is 0.241 e. The minimum atomic E-state index is -0.109. The largest absolute Gasteiger partial charge is 0.326 e. The third-order valence-corrected chi connectivity index (χ3v) is 2.85. The predicted octanol–water partition coefficient (Wildman–Crippen LogP) is 1.34. The van der Waals surface area contributed by atoms with Crippen LogP contribution in [0.2, 0.25) is 0 Å². The van der Waals surface area contributed by atoms with Crippen LogP contribution in [-0.4, -0.2) is 24.4 Å². The Hall–Kier alpha value is -1.88. The first-order valence-corrected chi connectivity index (χ1v) is 6.07. The number of anilines is 2. The second-order valence-electron chi connectivity index (χ2n) is 4.40. The quantitative estimate of drug-likeness (QED) is 0.754. The van der Waals surface area contributed by atoms with Crippen molar-refractivity contribution in [2.75, 3.05) is 17.2 Å². The van der Waals surface area contributed by atoms with Crippen LogP contribution in [0.5, 0.6) is 0 Å². The Kier molecular flexibility index (Phi) is 3.94. The zero-order valence-corrected chi connectivity index (χ0v) is 10.3. The van der Waals surface area contributed by atoms with Gasteiger partial charge in [-0.3, -0.25) is 9.59 Å². The highest BCUT2D eigenvalue weighted by Gasteiger charge is 2.21. The van der Waals surface area contributed by atoms with Gasteiger partial charge in [0.15, 0.2) is 0 Å². The summed E-state index contributed by atoms with van der Waals surface area (Å²) in [6.07, 6.45) is 1.93. The van der Waals surface area contributed by atoms with Crippen molar-refractivity contribution in [3.63, 3.8) is 0 Å². The molecule has 0 unspecified atom stereocenters. The summed E-state index contributed by atoms with van der Waals surface area (Å²) >= 11 is 0. The van der Waals surface area contributed by atoms with E-state index in [-0.39, 0.29) is 17.9 Å². The molecule has 3 N–H and O–H groups in total. The van der Waals surface area contributed by atoms with Gasteiger partial charge in [-0.1, -0.05) is 0 Å². The van der Waals surface area contributed by atoms with E-state index in [1.54, 1.807) is 24.3 Å². The lowest BCUT2D eigenvalue weighted by molar-refractivity contribution is -0.118. The molecule has 1 fully saturated rings. The van der Waals surface area contributed by atoms with Crippen molar-refractivity contribution in [3.05, 3.63) is 24.3 Å². The van der Waals surface area contributed by atoms with Crippen LogP contribution < -0.4 is 16.0 Å². The first-order chi connectivity index (χ1) is 8.65. The van der Waals surface area contributed by atoms with Crippen molar-refractivity contribution < 1.29 is 9.59 Å². The molecule has 0 aromatic heterocycles. The van der Waals surface area contributed by atoms with Crippen molar-refractivity contribution in [2.24, 2.45) is 0 Å². The Morgan fingerprint density at radius 2 is 1.78 bits per heavy atom. The highest BCUT2D eigenvalue weighted by atomic mass is 16.2. The third kappa shape index (κ3) is 3.30. The first-order valence-electron chi connectivity index (χ1n) is 6.07. The van der Waals surface area contributed by atoms with Crippen molar-refractivity contribution in [1.29, 1.82) is 0 Å². The fraction of sp³-hybridized carbons (Fsp3) is 0.385. The maximum Gasteiger partial charge on any atom is 0.241 e. The topological polar surface area (TPSA) is 70.2 Å². The summed E-state index contributed by atoms with van der Waals surface area (Å²) in [5.41, 5.74) is 1.46. The van der Waals surface area contributed by atoms with Crippen LogP contribution in [0, 0.1) is 0 Å². The van der Waals surface area contributed by atoms with E-state index in [2.05, 4.69) is 16.0 Å². The summed E-state index contributed by atoms with van der Waals surface area (Å²) in [6, 6.07) is 6.99. The van der Waals surface area contributed by atoms with Crippen LogP contribution in [0.25, 0.3) is 0 Å². The van der Waals surface area contributed by atoms with Gasteiger partial charge in [-0.05, 0) is 43.7 Å². The lowest BCUT2D eigenvalue weighted by atomic mass is 10.2. The SMILES string of the molecule is CC(=O)Nc1ccc(NC(=O)[C@H]2CCCN2)cc1. The highest BCUT2D eigenvalue weighted by Crippen LogP contribution is 2.15. The van der Waals surface area contributed by atoms with Crippen LogP contribution in [0.1, 0.15) is 19.8 Å². The van der Waals surface area contributed by atoms with Crippen LogP contribution in [0.4, 0.5) is 11.4 Å². The van der Waals surface area contributed by atoms with Gasteiger partial charge < -0.3 is 16.0 Å². The summed E-state index contributed by atoms with van der Waals surface area (Å²) in [5, 5.41) is 8.67. The molecule has 0 radical (unpaired) electrons. The van der Waals surface area contributed by atoms with Crippen molar-refractivity contribution in [3.8, 4) is 0 Å². The second kappa shape index (κ2) is 5.64. The fourth-order valence-corrected chi connectivity index (χ4v) is 1.98. The van der Waals surface area contributed by atoms with Gasteiger partial charge in [-0.25, -0.2) is 0 Å². The highest BCUT2D eigenvalue weighted by molar-refractivity contribution is 5.95. The molecule has 2 rings (SSSR count). The number of carbonyl (C=O) groups is 2. The molecule has 5 nitrogen and oxygen atoms in total. The van der Waals surface area contributed by atoms with Crippen LogP contribution in [-0.2, 0) is 9.59 Å². The number of hydrogen-bond acceptors (Lipinski definition) is 3. The number of nitrogens with one attached hydrogen (secondary N) is 3. The average molecular weight is 247 g/mol. The third-order valence-electron chi connectivity index (χ3n) is 2.85. The standard InChI is InChI=1S/C13H17N3O2/c1-9(17)15-10-4-6-11(7-5-10)16-13(18)12-3-2-8-14-12/h4-7,12,14H,2-3,8H2,1H3,(H,15,17)(H,16,18)/t12-/m1/s1. The number of amides is 2. The molecule has 1 aliphatic rings. The van der Waals surface area contributed by atoms with E-state index in [9.17, 15) is 9.59 Å². The van der Waals surface area contributed by atoms with Gasteiger partial charge in [0.2, 0.25) is 11.8 Å². The van der Waals surface area contributed by atoms with Gasteiger partial charge in [0.05, 0.1) is 6.04 Å². The molecular formula is C13H17N3O2. The number of benzene rings is 1. The summed E-state index contributed by atoms with van der Waals surface area (Å²) in [7, 11) is 0. The van der Waals surface area contributed by atoms with E-state index in [0.717, 1.165) is 30.8 Å². The molecule has 0 saturated carbocycles. The van der Waals surface area contributed by atoms with Gasteiger partial charge >= 0.3 is 0 Å². The van der Waals surface area contributed by atoms with E-state index in [1.165, 1.54) is 6.92 Å². The molecule has 1 aromatic carbocycles. The zero-order chi connectivity index (χ0) is 13.0. The molecule has 1 aliphatic heterocycles. The zero-order valence-electron chi connectivity index (χ0n) is 10.3. The minimum absolute atomic E-state index is 0.000206. The van der Waals surface area contributed by atoms with Crippen molar-refractivity contribution >= 4 is 23.2 Å². The summed E-state index contributed by atoms with van der Waals surface area (Å²) in [6.45, 7) is 2.36. The van der Waals surface area contributed by atoms with E-state index in [4.69, 9.17) is 0 Å². The molecule has 0 bridgehead atoms. The average Bonchev–Trinajstić information content (AvgIpc) is 2.84. The number of hydrogen-bond donors (Lipinski definition) is 3. The maximum atomic E-state index is 11.8. The summed E-state index contributed by atoms with van der Waals surface area (Å²) in [4.78, 5) is 22.7. The van der Waals surface area contributed by atoms with Gasteiger partial charge in [-0.2, -0.15) is 0 Å². The fourth-order valence-electron chi connectivity index (χ4n) is 1.98. The van der Waals surface area contributed by atoms with Crippen molar-refractivity contribution in [1.82, 2.24) is 5.32 Å². The lowest BCUT2D eigenvalue weighted by Crippen LogP contribution is -2.35. The van der Waals surface area contributed by atoms with E-state index < -0.39 is 0 Å². The van der Waals surface area contributed by atoms with Crippen molar-refractivity contribution in [2.45, 2.75) is 25.8 Å². The Labute approximate surface area is 106 Å². The van der Waals surface area contributed by atoms with E-state index >= 15 is 0 Å². The molecule has 0 spiro atoms. The second-order valence-corrected chi connectivity index (χ2v) is 4.40. The Morgan fingerprint density at radius 1 is 1.17 bits per heavy atom. The molecule has 0 aliphatic carbocycles. The molecular weight excluding hydrogens is 230 g/mol. The van der Waals surface area contributed by atoms with Gasteiger partial charge in [0.1, 0.15) is 0 Å². The summed E-state index contributed by atoms with van der Waals surface area (Å²) < 4.78 is 0. The molecule has 96 valence electrons. The molecule has 1 saturated heterocycles. The molecule has 2 amide bonds. The molecule has 1 aromatic rings. The summed E-state index contributed by atoms with van der Waals surface area (Å²) in [5.74, 6) is -0.110. The normalized spacial score (nSPS) is 18.4. The number of carbonyl (C=O) groups excluding carboxylic acids is 2. The molecule has 1 heterocycles. The monoisotopic (exact) mass is 247 g/mol. The Balaban J connectivity index is 1.93. The molecule has 18 heavy (non-hydrogen) atoms. The van der Waals surface area contributed by atoms with Crippen LogP contribution in [0.15, 0.2) is 24.3 Å². The Morgan fingerprint density at radius 3 is 2.28 bits per heavy atom. The minimum Gasteiger partial charge on any atom is -0.326 e. The van der Waals surface area contributed by atoms with Crippen LogP contribution >= 0.6 is 0 Å². The van der Waals surface area contributed by atoms with Gasteiger partial charge in [0.25, 0.3) is 0 Å². The van der Waals surface area contributed by atoms with E-state index in [1.807, 2.05) is 0 Å². The van der Waals surface area contributed by atoms with Gasteiger partial charge in [-0.15, -0.1) is 0 Å². The van der Waals surface area contributed by atoms with Gasteiger partial charge in [0, 0.05) is 18.3 Å². The predicted molar refractivity (Wildman–Crippen MR) is 70.4 cm³/mol. The van der Waals surface area contributed by atoms with Crippen LogP contribution in [0.3, 0.4) is 0 Å². The molecule has 5 heteroatoms. The lowest BCUT2D eigenvalue weighted by Gasteiger charge is -2.11. The first kappa shape index (κ1) is 12.6. The number of rotatable bonds is 3.